The molecule has 1 amide bonds. The molecule has 0 aliphatic rings. The van der Waals surface area contributed by atoms with Gasteiger partial charge in [-0.05, 0) is 43.9 Å². The second-order valence-electron chi connectivity index (χ2n) is 5.96. The van der Waals surface area contributed by atoms with Crippen molar-refractivity contribution in [3.05, 3.63) is 70.8 Å². The number of nitrogens with one attached hydrogen (secondary N) is 1. The Morgan fingerprint density at radius 2 is 1.80 bits per heavy atom. The van der Waals surface area contributed by atoms with Crippen LogP contribution >= 0.6 is 0 Å². The molecule has 1 N–H and O–H groups in total. The molecule has 4 nitrogen and oxygen atoms in total. The molecule has 0 unspecified atom stereocenters. The van der Waals surface area contributed by atoms with Crippen molar-refractivity contribution in [2.24, 2.45) is 0 Å². The second kappa shape index (κ2) is 8.69. The molecule has 0 heterocycles. The van der Waals surface area contributed by atoms with Crippen molar-refractivity contribution in [1.82, 2.24) is 10.2 Å². The molecule has 0 aromatic heterocycles. The summed E-state index contributed by atoms with van der Waals surface area (Å²) < 4.78 is 33.2. The molecule has 2 aromatic carbocycles. The third kappa shape index (κ3) is 4.84. The van der Waals surface area contributed by atoms with Gasteiger partial charge >= 0.3 is 0 Å². The maximum absolute atomic E-state index is 14.1. The van der Waals surface area contributed by atoms with Crippen LogP contribution in [0.5, 0.6) is 0 Å². The summed E-state index contributed by atoms with van der Waals surface area (Å²) in [6.45, 7) is 0.486. The molecule has 1 atom stereocenters. The van der Waals surface area contributed by atoms with Crippen LogP contribution in [-0.2, 0) is 11.3 Å². The summed E-state index contributed by atoms with van der Waals surface area (Å²) in [5.41, 5.74) is 1.29. The van der Waals surface area contributed by atoms with Crippen molar-refractivity contribution in [1.29, 1.82) is 0 Å². The van der Waals surface area contributed by atoms with E-state index in [1.165, 1.54) is 18.2 Å². The average molecular weight is 348 g/mol. The van der Waals surface area contributed by atoms with E-state index in [0.29, 0.717) is 12.2 Å². The molecule has 0 bridgehead atoms. The maximum atomic E-state index is 14.1. The zero-order chi connectivity index (χ0) is 18.4. The molecule has 0 saturated heterocycles. The van der Waals surface area contributed by atoms with Crippen LogP contribution in [0.25, 0.3) is 0 Å². The van der Waals surface area contributed by atoms with Gasteiger partial charge < -0.3 is 15.0 Å². The van der Waals surface area contributed by atoms with Gasteiger partial charge in [0.15, 0.2) is 0 Å². The monoisotopic (exact) mass is 348 g/mol. The van der Waals surface area contributed by atoms with Crippen molar-refractivity contribution >= 4 is 5.91 Å². The smallest absolute Gasteiger partial charge is 0.251 e. The molecule has 0 spiro atoms. The fraction of sp³-hybridized carbons (Fsp3) is 0.316. The highest BCUT2D eigenvalue weighted by atomic mass is 19.1. The highest BCUT2D eigenvalue weighted by Crippen LogP contribution is 2.24. The number of carbonyl (C=O) groups excluding carboxylic acids is 1. The number of hydrogen-bond acceptors (Lipinski definition) is 3. The molecule has 0 fully saturated rings. The first-order chi connectivity index (χ1) is 11.9. The van der Waals surface area contributed by atoms with Crippen molar-refractivity contribution in [3.8, 4) is 0 Å². The summed E-state index contributed by atoms with van der Waals surface area (Å²) in [6, 6.07) is 10.2. The molecule has 0 saturated carbocycles. The van der Waals surface area contributed by atoms with Gasteiger partial charge in [-0.3, -0.25) is 4.79 Å². The fourth-order valence-corrected chi connectivity index (χ4v) is 2.63. The molecule has 2 rings (SSSR count). The predicted molar refractivity (Wildman–Crippen MR) is 92.3 cm³/mol. The number of likely N-dealkylation sites (N-methyl/N-ethyl adjacent to an activating group) is 1. The lowest BCUT2D eigenvalue weighted by Crippen LogP contribution is -2.35. The minimum Gasteiger partial charge on any atom is -0.380 e. The summed E-state index contributed by atoms with van der Waals surface area (Å²) in [6.07, 6.45) is 0. The van der Waals surface area contributed by atoms with Crippen LogP contribution in [0.1, 0.15) is 27.5 Å². The normalized spacial score (nSPS) is 12.2. The molecule has 6 heteroatoms. The largest absolute Gasteiger partial charge is 0.380 e. The summed E-state index contributed by atoms with van der Waals surface area (Å²) in [5.74, 6) is -1.56. The van der Waals surface area contributed by atoms with Gasteiger partial charge in [-0.1, -0.05) is 18.2 Å². The second-order valence-corrected chi connectivity index (χ2v) is 5.96. The number of carbonyl (C=O) groups is 1. The minimum absolute atomic E-state index is 0.0547. The van der Waals surface area contributed by atoms with Crippen LogP contribution in [0.15, 0.2) is 42.5 Å². The van der Waals surface area contributed by atoms with E-state index in [4.69, 9.17) is 4.74 Å². The Morgan fingerprint density at radius 1 is 1.16 bits per heavy atom. The molecule has 0 aliphatic carbocycles. The average Bonchev–Trinajstić information content (AvgIpc) is 2.57. The molecule has 0 radical (unpaired) electrons. The van der Waals surface area contributed by atoms with Gasteiger partial charge in [0.05, 0.1) is 12.6 Å². The standard InChI is InChI=1S/C19H22F2N2O2/c1-23(2)17(18-15(20)8-5-9-16(18)21)11-22-19(24)14-7-4-6-13(10-14)12-25-3/h4-10,17H,11-12H2,1-3H3,(H,22,24)/t17-/m0/s1. The quantitative estimate of drug-likeness (QED) is 0.836. The summed E-state index contributed by atoms with van der Waals surface area (Å²) in [4.78, 5) is 14.0. The highest BCUT2D eigenvalue weighted by molar-refractivity contribution is 5.94. The van der Waals surface area contributed by atoms with Gasteiger partial charge in [-0.2, -0.15) is 0 Å². The Hall–Kier alpha value is -2.31. The summed E-state index contributed by atoms with van der Waals surface area (Å²) in [7, 11) is 5.00. The molecule has 2 aromatic rings. The van der Waals surface area contributed by atoms with Crippen LogP contribution in [0.3, 0.4) is 0 Å². The zero-order valence-electron chi connectivity index (χ0n) is 14.6. The Balaban J connectivity index is 2.14. The van der Waals surface area contributed by atoms with Crippen LogP contribution in [-0.4, -0.2) is 38.6 Å². The van der Waals surface area contributed by atoms with Gasteiger partial charge in [-0.15, -0.1) is 0 Å². The number of rotatable bonds is 7. The Bertz CT molecular complexity index is 715. The predicted octanol–water partition coefficient (Wildman–Crippen LogP) is 3.14. The van der Waals surface area contributed by atoms with Crippen molar-refractivity contribution < 1.29 is 18.3 Å². The lowest BCUT2D eigenvalue weighted by atomic mass is 10.0. The van der Waals surface area contributed by atoms with Crippen molar-refractivity contribution in [2.75, 3.05) is 27.7 Å². The first kappa shape index (κ1) is 19.0. The van der Waals surface area contributed by atoms with E-state index < -0.39 is 17.7 Å². The van der Waals surface area contributed by atoms with E-state index in [9.17, 15) is 13.6 Å². The van der Waals surface area contributed by atoms with Crippen LogP contribution < -0.4 is 5.32 Å². The number of ether oxygens (including phenoxy) is 1. The number of methoxy groups -OCH3 is 1. The summed E-state index contributed by atoms with van der Waals surface area (Å²) >= 11 is 0. The molecule has 25 heavy (non-hydrogen) atoms. The fourth-order valence-electron chi connectivity index (χ4n) is 2.63. The molecular formula is C19H22F2N2O2. The van der Waals surface area contributed by atoms with E-state index in [0.717, 1.165) is 5.56 Å². The van der Waals surface area contributed by atoms with Crippen LogP contribution in [0, 0.1) is 11.6 Å². The van der Waals surface area contributed by atoms with Gasteiger partial charge in [0.2, 0.25) is 0 Å². The lowest BCUT2D eigenvalue weighted by Gasteiger charge is -2.26. The minimum atomic E-state index is -0.630. The Labute approximate surface area is 146 Å². The zero-order valence-corrected chi connectivity index (χ0v) is 14.6. The van der Waals surface area contributed by atoms with Gasteiger partial charge in [0.1, 0.15) is 11.6 Å². The molecule has 134 valence electrons. The number of amides is 1. The Morgan fingerprint density at radius 3 is 2.40 bits per heavy atom. The molecule has 0 aliphatic heterocycles. The van der Waals surface area contributed by atoms with E-state index in [-0.39, 0.29) is 18.0 Å². The maximum Gasteiger partial charge on any atom is 0.251 e. The van der Waals surface area contributed by atoms with E-state index in [1.54, 1.807) is 44.3 Å². The first-order valence-corrected chi connectivity index (χ1v) is 7.90. The number of benzene rings is 2. The molecular weight excluding hydrogens is 326 g/mol. The topological polar surface area (TPSA) is 41.6 Å². The summed E-state index contributed by atoms with van der Waals surface area (Å²) in [5, 5.41) is 2.75. The first-order valence-electron chi connectivity index (χ1n) is 7.90. The Kier molecular flexibility index (Phi) is 6.61. The van der Waals surface area contributed by atoms with Gasteiger partial charge in [-0.25, -0.2) is 8.78 Å². The van der Waals surface area contributed by atoms with Crippen molar-refractivity contribution in [2.45, 2.75) is 12.6 Å². The number of halogens is 2. The van der Waals surface area contributed by atoms with Crippen LogP contribution in [0.2, 0.25) is 0 Å². The number of hydrogen-bond donors (Lipinski definition) is 1. The van der Waals surface area contributed by atoms with E-state index in [2.05, 4.69) is 5.32 Å². The van der Waals surface area contributed by atoms with E-state index >= 15 is 0 Å². The van der Waals surface area contributed by atoms with Crippen molar-refractivity contribution in [3.63, 3.8) is 0 Å². The van der Waals surface area contributed by atoms with Gasteiger partial charge in [0, 0.05) is 24.8 Å². The van der Waals surface area contributed by atoms with E-state index in [1.807, 2.05) is 6.07 Å². The third-order valence-corrected chi connectivity index (χ3v) is 3.91. The lowest BCUT2D eigenvalue weighted by molar-refractivity contribution is 0.0940. The van der Waals surface area contributed by atoms with Gasteiger partial charge in [0.25, 0.3) is 5.91 Å². The van der Waals surface area contributed by atoms with Crippen LogP contribution in [0.4, 0.5) is 8.78 Å². The number of nitrogens with zero attached hydrogens (tertiary/aromatic N) is 1. The highest BCUT2D eigenvalue weighted by Gasteiger charge is 2.23. The SMILES string of the molecule is COCc1cccc(C(=O)NC[C@@H](c2c(F)cccc2F)N(C)C)c1. The third-order valence-electron chi connectivity index (χ3n) is 3.91.